The Balaban J connectivity index is 1.67. The number of rotatable bonds is 11. The highest BCUT2D eigenvalue weighted by Crippen LogP contribution is 2.34. The number of carbonyl (C=O) groups is 4. The highest BCUT2D eigenvalue weighted by Gasteiger charge is 2.36. The van der Waals surface area contributed by atoms with Gasteiger partial charge in [0.25, 0.3) is 11.1 Å². The van der Waals surface area contributed by atoms with Crippen molar-refractivity contribution < 1.29 is 33.4 Å². The van der Waals surface area contributed by atoms with Gasteiger partial charge in [-0.1, -0.05) is 32.0 Å². The van der Waals surface area contributed by atoms with Crippen LogP contribution in [0.15, 0.2) is 47.4 Å². The first-order valence-corrected chi connectivity index (χ1v) is 12.7. The lowest BCUT2D eigenvalue weighted by atomic mass is 10.0. The molecule has 0 atom stereocenters. The van der Waals surface area contributed by atoms with Gasteiger partial charge in [0.05, 0.1) is 18.1 Å². The van der Waals surface area contributed by atoms with E-state index in [0.717, 1.165) is 22.2 Å². The number of anilines is 1. The maximum atomic E-state index is 12.9. The van der Waals surface area contributed by atoms with Gasteiger partial charge in [0.1, 0.15) is 6.54 Å². The third-order valence-corrected chi connectivity index (χ3v) is 6.16. The summed E-state index contributed by atoms with van der Waals surface area (Å²) in [7, 11) is 0. The van der Waals surface area contributed by atoms with E-state index < -0.39 is 29.6 Å². The second-order valence-corrected chi connectivity index (χ2v) is 9.32. The van der Waals surface area contributed by atoms with Gasteiger partial charge in [-0.05, 0) is 73.0 Å². The average Bonchev–Trinajstić information content (AvgIpc) is 3.11. The van der Waals surface area contributed by atoms with Crippen molar-refractivity contribution in [2.45, 2.75) is 33.6 Å². The van der Waals surface area contributed by atoms with Gasteiger partial charge in [-0.2, -0.15) is 0 Å². The predicted octanol–water partition coefficient (Wildman–Crippen LogP) is 4.83. The third-order valence-electron chi connectivity index (χ3n) is 5.25. The highest BCUT2D eigenvalue weighted by molar-refractivity contribution is 8.18. The summed E-state index contributed by atoms with van der Waals surface area (Å²) in [5.41, 5.74) is 2.32. The molecule has 3 amide bonds. The molecular weight excluding hydrogens is 496 g/mol. The fourth-order valence-corrected chi connectivity index (χ4v) is 4.26. The molecule has 1 saturated heterocycles. The van der Waals surface area contributed by atoms with E-state index in [2.05, 4.69) is 19.2 Å². The van der Waals surface area contributed by atoms with Gasteiger partial charge >= 0.3 is 5.97 Å². The zero-order valence-electron chi connectivity index (χ0n) is 21.2. The van der Waals surface area contributed by atoms with Crippen molar-refractivity contribution in [1.82, 2.24) is 4.90 Å². The SMILES string of the molecule is CCOC(=O)COc1ccc(/C=C2\SC(=O)N(CC(=O)Nc3ccc(C(C)C)cc3)C2=O)cc1OCC. The Morgan fingerprint density at radius 1 is 1.00 bits per heavy atom. The molecule has 0 aliphatic carbocycles. The zero-order chi connectivity index (χ0) is 26.9. The normalized spacial score (nSPS) is 14.3. The van der Waals surface area contributed by atoms with Crippen LogP contribution in [-0.4, -0.2) is 54.3 Å². The standard InChI is InChI=1S/C27H30N2O7S/c1-5-34-22-13-18(7-12-21(22)36-16-25(31)35-6-2)14-23-26(32)29(27(33)37-23)15-24(30)28-20-10-8-19(9-11-20)17(3)4/h7-14,17H,5-6,15-16H2,1-4H3,(H,28,30)/b23-14-. The van der Waals surface area contributed by atoms with E-state index in [0.29, 0.717) is 35.3 Å². The molecule has 1 aliphatic rings. The largest absolute Gasteiger partial charge is 0.490 e. The quantitative estimate of drug-likeness (QED) is 0.328. The molecule has 0 spiro atoms. The lowest BCUT2D eigenvalue weighted by Crippen LogP contribution is -2.36. The minimum atomic E-state index is -0.555. The van der Waals surface area contributed by atoms with Gasteiger partial charge in [-0.3, -0.25) is 19.3 Å². The van der Waals surface area contributed by atoms with Crippen LogP contribution in [0.25, 0.3) is 6.08 Å². The van der Waals surface area contributed by atoms with Gasteiger partial charge < -0.3 is 19.5 Å². The van der Waals surface area contributed by atoms with Crippen LogP contribution in [0.4, 0.5) is 10.5 Å². The minimum absolute atomic E-state index is 0.182. The number of esters is 1. The number of hydrogen-bond acceptors (Lipinski definition) is 8. The van der Waals surface area contributed by atoms with E-state index >= 15 is 0 Å². The van der Waals surface area contributed by atoms with Gasteiger partial charge in [0.2, 0.25) is 5.91 Å². The lowest BCUT2D eigenvalue weighted by Gasteiger charge is -2.13. The zero-order valence-corrected chi connectivity index (χ0v) is 22.1. The maximum Gasteiger partial charge on any atom is 0.344 e. The molecule has 196 valence electrons. The van der Waals surface area contributed by atoms with Crippen LogP contribution in [0, 0.1) is 0 Å². The van der Waals surface area contributed by atoms with Crippen molar-refractivity contribution in [3.63, 3.8) is 0 Å². The Labute approximate surface area is 220 Å². The molecule has 0 aromatic heterocycles. The van der Waals surface area contributed by atoms with Gasteiger partial charge in [-0.25, -0.2) is 4.79 Å². The molecule has 2 aromatic rings. The van der Waals surface area contributed by atoms with Crippen molar-refractivity contribution in [2.24, 2.45) is 0 Å². The first-order chi connectivity index (χ1) is 17.7. The Morgan fingerprint density at radius 3 is 2.38 bits per heavy atom. The third kappa shape index (κ3) is 7.60. The van der Waals surface area contributed by atoms with Crippen LogP contribution in [0.3, 0.4) is 0 Å². The Kier molecular flexibility index (Phi) is 9.73. The van der Waals surface area contributed by atoms with Crippen molar-refractivity contribution >= 4 is 46.5 Å². The molecule has 0 radical (unpaired) electrons. The number of nitrogens with one attached hydrogen (secondary N) is 1. The van der Waals surface area contributed by atoms with E-state index in [4.69, 9.17) is 14.2 Å². The average molecular weight is 527 g/mol. The summed E-state index contributed by atoms with van der Waals surface area (Å²) in [6.07, 6.45) is 1.55. The van der Waals surface area contributed by atoms with Crippen molar-refractivity contribution in [3.05, 3.63) is 58.5 Å². The van der Waals surface area contributed by atoms with Crippen LogP contribution < -0.4 is 14.8 Å². The number of nitrogens with zero attached hydrogens (tertiary/aromatic N) is 1. The molecule has 1 fully saturated rings. The Hall–Kier alpha value is -3.79. The number of benzene rings is 2. The van der Waals surface area contributed by atoms with Crippen LogP contribution in [0.2, 0.25) is 0 Å². The molecule has 1 aliphatic heterocycles. The molecule has 0 bridgehead atoms. The first-order valence-electron chi connectivity index (χ1n) is 11.9. The fraction of sp³-hybridized carbons (Fsp3) is 0.333. The molecule has 1 N–H and O–H groups in total. The first kappa shape index (κ1) is 27.8. The number of amides is 3. The van der Waals surface area contributed by atoms with Crippen LogP contribution in [0.1, 0.15) is 44.7 Å². The molecule has 3 rings (SSSR count). The molecular formula is C27H30N2O7S. The molecule has 1 heterocycles. The van der Waals surface area contributed by atoms with Crippen molar-refractivity contribution in [2.75, 3.05) is 31.7 Å². The van der Waals surface area contributed by atoms with Gasteiger partial charge in [-0.15, -0.1) is 0 Å². The smallest absolute Gasteiger partial charge is 0.344 e. The summed E-state index contributed by atoms with van der Waals surface area (Å²) >= 11 is 0.758. The lowest BCUT2D eigenvalue weighted by molar-refractivity contribution is -0.145. The van der Waals surface area contributed by atoms with E-state index in [1.54, 1.807) is 50.3 Å². The number of hydrogen-bond donors (Lipinski definition) is 1. The van der Waals surface area contributed by atoms with Crippen LogP contribution in [-0.2, 0) is 19.1 Å². The summed E-state index contributed by atoms with van der Waals surface area (Å²) in [5.74, 6) is -0.437. The highest BCUT2D eigenvalue weighted by atomic mass is 32.2. The Morgan fingerprint density at radius 2 is 1.73 bits per heavy atom. The molecule has 10 heteroatoms. The molecule has 0 unspecified atom stereocenters. The Bertz CT molecular complexity index is 1190. The molecule has 0 saturated carbocycles. The van der Waals surface area contributed by atoms with E-state index in [1.165, 1.54) is 0 Å². The van der Waals surface area contributed by atoms with Crippen molar-refractivity contribution in [1.29, 1.82) is 0 Å². The maximum absolute atomic E-state index is 12.9. The minimum Gasteiger partial charge on any atom is -0.490 e. The van der Waals surface area contributed by atoms with Crippen LogP contribution >= 0.6 is 11.8 Å². The molecule has 9 nitrogen and oxygen atoms in total. The van der Waals surface area contributed by atoms with E-state index in [-0.39, 0.29) is 18.1 Å². The number of ether oxygens (including phenoxy) is 3. The number of thioether (sulfide) groups is 1. The summed E-state index contributed by atoms with van der Waals surface area (Å²) in [6, 6.07) is 12.3. The summed E-state index contributed by atoms with van der Waals surface area (Å²) in [4.78, 5) is 50.5. The van der Waals surface area contributed by atoms with Crippen molar-refractivity contribution in [3.8, 4) is 11.5 Å². The summed E-state index contributed by atoms with van der Waals surface area (Å²) in [6.45, 7) is 7.61. The fourth-order valence-electron chi connectivity index (χ4n) is 3.42. The second-order valence-electron chi connectivity index (χ2n) is 8.33. The monoisotopic (exact) mass is 526 g/mol. The van der Waals surface area contributed by atoms with Crippen LogP contribution in [0.5, 0.6) is 11.5 Å². The second kappa shape index (κ2) is 13.0. The number of carbonyl (C=O) groups excluding carboxylic acids is 4. The van der Waals surface area contributed by atoms with Gasteiger partial charge in [0, 0.05) is 5.69 Å². The van der Waals surface area contributed by atoms with Gasteiger partial charge in [0.15, 0.2) is 18.1 Å². The summed E-state index contributed by atoms with van der Waals surface area (Å²) < 4.78 is 16.0. The van der Waals surface area contributed by atoms with E-state index in [9.17, 15) is 19.2 Å². The topological polar surface area (TPSA) is 111 Å². The van der Waals surface area contributed by atoms with E-state index in [1.807, 2.05) is 12.1 Å². The molecule has 2 aromatic carbocycles. The number of imide groups is 1. The summed E-state index contributed by atoms with van der Waals surface area (Å²) in [5, 5.41) is 2.19. The predicted molar refractivity (Wildman–Crippen MR) is 142 cm³/mol. The molecule has 37 heavy (non-hydrogen) atoms.